The molecular formula is C18H24N6O2. The molecule has 0 aromatic carbocycles. The van der Waals surface area contributed by atoms with Gasteiger partial charge in [0.2, 0.25) is 0 Å². The van der Waals surface area contributed by atoms with Crippen molar-refractivity contribution in [3.8, 4) is 17.1 Å². The molecule has 0 aliphatic carbocycles. The first kappa shape index (κ1) is 18.1. The Labute approximate surface area is 152 Å². The quantitative estimate of drug-likeness (QED) is 0.645. The highest BCUT2D eigenvalue weighted by Crippen LogP contribution is 2.33. The molecule has 0 radical (unpaired) electrons. The Morgan fingerprint density at radius 2 is 2.15 bits per heavy atom. The fourth-order valence-corrected chi connectivity index (χ4v) is 2.70. The van der Waals surface area contributed by atoms with Gasteiger partial charge in [-0.3, -0.25) is 9.98 Å². The van der Waals surface area contributed by atoms with Gasteiger partial charge in [0.05, 0.1) is 35.9 Å². The van der Waals surface area contributed by atoms with Gasteiger partial charge in [-0.25, -0.2) is 9.98 Å². The predicted molar refractivity (Wildman–Crippen MR) is 101 cm³/mol. The monoisotopic (exact) mass is 356 g/mol. The molecule has 1 atom stereocenters. The Bertz CT molecular complexity index is 863. The Morgan fingerprint density at radius 1 is 1.38 bits per heavy atom. The summed E-state index contributed by atoms with van der Waals surface area (Å²) >= 11 is 0. The van der Waals surface area contributed by atoms with Crippen LogP contribution in [0.25, 0.3) is 11.4 Å². The number of aliphatic imine (C=N–C) groups is 2. The number of aromatic nitrogens is 3. The SMILES string of the molecule is CC(N)=NC(=NC(C)C)c1cn2c(n1)-c1cc(C(C)O)ncc1OCC2. The van der Waals surface area contributed by atoms with Crippen molar-refractivity contribution in [2.45, 2.75) is 46.4 Å². The van der Waals surface area contributed by atoms with Crippen LogP contribution in [0.3, 0.4) is 0 Å². The van der Waals surface area contributed by atoms with Crippen LogP contribution in [0.1, 0.15) is 45.2 Å². The zero-order valence-electron chi connectivity index (χ0n) is 15.5. The first-order valence-electron chi connectivity index (χ1n) is 8.62. The molecule has 1 aliphatic heterocycles. The number of nitrogens with two attached hydrogens (primary N) is 1. The first-order valence-corrected chi connectivity index (χ1v) is 8.62. The van der Waals surface area contributed by atoms with Crippen molar-refractivity contribution in [1.82, 2.24) is 14.5 Å². The number of aliphatic hydroxyl groups excluding tert-OH is 1. The number of aliphatic hydroxyl groups is 1. The molecule has 3 rings (SSSR count). The molecule has 26 heavy (non-hydrogen) atoms. The molecule has 138 valence electrons. The average molecular weight is 356 g/mol. The van der Waals surface area contributed by atoms with Gasteiger partial charge in [0.1, 0.15) is 23.9 Å². The van der Waals surface area contributed by atoms with Crippen LogP contribution in [-0.4, -0.2) is 44.0 Å². The standard InChI is InChI=1S/C18H24N6O2/c1-10(2)21-17(22-12(4)19)15-9-24-5-6-26-16-8-20-14(11(3)25)7-13(16)18(24)23-15/h7-11,25H,5-6H2,1-4H3,(H2,19,21,22). The Morgan fingerprint density at radius 3 is 2.81 bits per heavy atom. The van der Waals surface area contributed by atoms with Gasteiger partial charge >= 0.3 is 0 Å². The molecule has 0 saturated carbocycles. The maximum absolute atomic E-state index is 9.85. The van der Waals surface area contributed by atoms with E-state index in [4.69, 9.17) is 15.5 Å². The maximum atomic E-state index is 9.85. The number of ether oxygens (including phenoxy) is 1. The van der Waals surface area contributed by atoms with E-state index in [0.717, 1.165) is 11.4 Å². The minimum atomic E-state index is -0.672. The van der Waals surface area contributed by atoms with E-state index in [9.17, 15) is 5.11 Å². The van der Waals surface area contributed by atoms with Crippen molar-refractivity contribution in [3.05, 3.63) is 29.8 Å². The first-order chi connectivity index (χ1) is 12.3. The lowest BCUT2D eigenvalue weighted by Crippen LogP contribution is -2.12. The number of fused-ring (bicyclic) bond motifs is 3. The molecule has 3 N–H and O–H groups in total. The summed E-state index contributed by atoms with van der Waals surface area (Å²) < 4.78 is 7.77. The van der Waals surface area contributed by atoms with E-state index < -0.39 is 6.10 Å². The third-order valence-corrected chi connectivity index (χ3v) is 3.82. The van der Waals surface area contributed by atoms with Gasteiger partial charge in [-0.05, 0) is 33.8 Å². The van der Waals surface area contributed by atoms with Gasteiger partial charge in [0.15, 0.2) is 5.84 Å². The molecule has 8 nitrogen and oxygen atoms in total. The minimum absolute atomic E-state index is 0.0660. The van der Waals surface area contributed by atoms with E-state index >= 15 is 0 Å². The number of amidine groups is 2. The van der Waals surface area contributed by atoms with Gasteiger partial charge in [-0.2, -0.15) is 0 Å². The zero-order valence-corrected chi connectivity index (χ0v) is 15.5. The van der Waals surface area contributed by atoms with E-state index in [-0.39, 0.29) is 6.04 Å². The molecule has 0 bridgehead atoms. The van der Waals surface area contributed by atoms with E-state index in [1.54, 1.807) is 20.0 Å². The minimum Gasteiger partial charge on any atom is -0.489 e. The topological polar surface area (TPSA) is 111 Å². The Hall–Kier alpha value is -2.74. The second-order valence-corrected chi connectivity index (χ2v) is 6.57. The molecule has 1 aliphatic rings. The molecule has 8 heteroatoms. The summed E-state index contributed by atoms with van der Waals surface area (Å²) in [7, 11) is 0. The zero-order chi connectivity index (χ0) is 18.8. The Kier molecular flexibility index (Phi) is 5.03. The number of nitrogens with zero attached hydrogens (tertiary/aromatic N) is 5. The largest absolute Gasteiger partial charge is 0.489 e. The predicted octanol–water partition coefficient (Wildman–Crippen LogP) is 1.92. The lowest BCUT2D eigenvalue weighted by molar-refractivity contribution is 0.194. The summed E-state index contributed by atoms with van der Waals surface area (Å²) in [5.74, 6) is 2.31. The van der Waals surface area contributed by atoms with Gasteiger partial charge < -0.3 is 20.1 Å². The summed E-state index contributed by atoms with van der Waals surface area (Å²) in [6.45, 7) is 8.50. The van der Waals surface area contributed by atoms with Crippen molar-refractivity contribution >= 4 is 11.7 Å². The van der Waals surface area contributed by atoms with Crippen molar-refractivity contribution in [2.75, 3.05) is 6.61 Å². The number of hydrogen-bond acceptors (Lipinski definition) is 5. The highest BCUT2D eigenvalue weighted by atomic mass is 16.5. The van der Waals surface area contributed by atoms with E-state index in [1.165, 1.54) is 0 Å². The lowest BCUT2D eigenvalue weighted by Gasteiger charge is -2.09. The highest BCUT2D eigenvalue weighted by Gasteiger charge is 2.22. The van der Waals surface area contributed by atoms with Crippen molar-refractivity contribution in [2.24, 2.45) is 15.7 Å². The van der Waals surface area contributed by atoms with E-state index in [0.29, 0.717) is 42.0 Å². The molecule has 2 aromatic rings. The van der Waals surface area contributed by atoms with Gasteiger partial charge in [-0.1, -0.05) is 0 Å². The Balaban J connectivity index is 2.13. The van der Waals surface area contributed by atoms with Crippen LogP contribution in [0.15, 0.2) is 28.4 Å². The van der Waals surface area contributed by atoms with E-state index in [1.807, 2.05) is 30.7 Å². The molecule has 2 aromatic heterocycles. The fraction of sp³-hybridized carbons (Fsp3) is 0.444. The molecule has 0 saturated heterocycles. The number of hydrogen-bond donors (Lipinski definition) is 2. The molecule has 0 spiro atoms. The number of rotatable bonds is 3. The van der Waals surface area contributed by atoms with Crippen LogP contribution in [0.2, 0.25) is 0 Å². The second kappa shape index (κ2) is 7.25. The van der Waals surface area contributed by atoms with Crippen LogP contribution < -0.4 is 10.5 Å². The highest BCUT2D eigenvalue weighted by molar-refractivity contribution is 6.04. The summed E-state index contributed by atoms with van der Waals surface area (Å²) in [6, 6.07) is 1.88. The maximum Gasteiger partial charge on any atom is 0.177 e. The van der Waals surface area contributed by atoms with Crippen LogP contribution >= 0.6 is 0 Å². The smallest absolute Gasteiger partial charge is 0.177 e. The molecule has 1 unspecified atom stereocenters. The molecule has 0 fully saturated rings. The third-order valence-electron chi connectivity index (χ3n) is 3.82. The number of pyridine rings is 1. The average Bonchev–Trinajstić information content (AvgIpc) is 2.90. The summed E-state index contributed by atoms with van der Waals surface area (Å²) in [5.41, 5.74) is 7.77. The van der Waals surface area contributed by atoms with Crippen LogP contribution in [0.5, 0.6) is 5.75 Å². The van der Waals surface area contributed by atoms with Gasteiger partial charge in [0.25, 0.3) is 0 Å². The third kappa shape index (κ3) is 3.75. The normalized spacial score (nSPS) is 15.9. The van der Waals surface area contributed by atoms with Crippen LogP contribution in [-0.2, 0) is 6.54 Å². The molecule has 0 amide bonds. The summed E-state index contributed by atoms with van der Waals surface area (Å²) in [4.78, 5) is 17.9. The van der Waals surface area contributed by atoms with Crippen molar-refractivity contribution in [1.29, 1.82) is 0 Å². The van der Waals surface area contributed by atoms with Crippen molar-refractivity contribution in [3.63, 3.8) is 0 Å². The van der Waals surface area contributed by atoms with Gasteiger partial charge in [-0.15, -0.1) is 0 Å². The van der Waals surface area contributed by atoms with Gasteiger partial charge in [0, 0.05) is 12.2 Å². The van der Waals surface area contributed by atoms with E-state index in [2.05, 4.69) is 15.0 Å². The fourth-order valence-electron chi connectivity index (χ4n) is 2.70. The lowest BCUT2D eigenvalue weighted by atomic mass is 10.1. The molecule has 3 heterocycles. The second-order valence-electron chi connectivity index (χ2n) is 6.57. The number of imidazole rings is 1. The molecular weight excluding hydrogens is 332 g/mol. The van der Waals surface area contributed by atoms with Crippen LogP contribution in [0, 0.1) is 0 Å². The van der Waals surface area contributed by atoms with Crippen molar-refractivity contribution < 1.29 is 9.84 Å². The summed E-state index contributed by atoms with van der Waals surface area (Å²) in [5, 5.41) is 9.85. The summed E-state index contributed by atoms with van der Waals surface area (Å²) in [6.07, 6.45) is 2.87. The van der Waals surface area contributed by atoms with Crippen LogP contribution in [0.4, 0.5) is 0 Å².